The molecule has 0 rings (SSSR count). The van der Waals surface area contributed by atoms with E-state index in [9.17, 15) is 19.2 Å². The molecule has 2 amide bonds. The molecule has 3 N–H and O–H groups in total. The summed E-state index contributed by atoms with van der Waals surface area (Å²) in [4.78, 5) is 43.9. The van der Waals surface area contributed by atoms with Gasteiger partial charge in [-0.25, -0.2) is 0 Å². The molecule has 0 aromatic carbocycles. The molecule has 1 radical (unpaired) electrons. The van der Waals surface area contributed by atoms with E-state index in [1.54, 1.807) is 6.29 Å². The molecule has 0 aromatic heterocycles. The highest BCUT2D eigenvalue weighted by Crippen LogP contribution is 2.13. The van der Waals surface area contributed by atoms with Gasteiger partial charge >= 0.3 is 5.97 Å². The Kier molecular flexibility index (Phi) is 28.8. The first-order valence-electron chi connectivity index (χ1n) is 14.5. The van der Waals surface area contributed by atoms with Crippen molar-refractivity contribution in [2.24, 2.45) is 0 Å². The van der Waals surface area contributed by atoms with E-state index in [-0.39, 0.29) is 31.6 Å². The van der Waals surface area contributed by atoms with Crippen molar-refractivity contribution in [1.82, 2.24) is 10.6 Å². The fourth-order valence-electron chi connectivity index (χ4n) is 3.71. The number of hydrogen-bond acceptors (Lipinski definition) is 8. The molecule has 0 aliphatic heterocycles. The van der Waals surface area contributed by atoms with E-state index < -0.39 is 5.97 Å². The molecule has 39 heavy (non-hydrogen) atoms. The normalized spacial score (nSPS) is 10.9. The van der Waals surface area contributed by atoms with Crippen molar-refractivity contribution in [3.63, 3.8) is 0 Å². The maximum Gasteiger partial charge on any atom is 0.303 e. The number of unbranched alkanes of at least 4 members (excludes halogenated alkanes) is 11. The van der Waals surface area contributed by atoms with Crippen LogP contribution in [0.4, 0.5) is 0 Å². The van der Waals surface area contributed by atoms with Crippen molar-refractivity contribution < 1.29 is 43.2 Å². The Morgan fingerprint density at radius 1 is 0.538 bits per heavy atom. The molecule has 0 saturated carbocycles. The lowest BCUT2D eigenvalue weighted by Crippen LogP contribution is -2.31. The number of carboxylic acids is 1. The second-order valence-electron chi connectivity index (χ2n) is 9.31. The van der Waals surface area contributed by atoms with Gasteiger partial charge in [-0.15, -0.1) is 0 Å². The second-order valence-corrected chi connectivity index (χ2v) is 9.31. The topological polar surface area (TPSA) is 149 Å². The Balaban J connectivity index is 3.26. The molecule has 227 valence electrons. The van der Waals surface area contributed by atoms with Gasteiger partial charge in [0.05, 0.1) is 39.6 Å². The Morgan fingerprint density at radius 2 is 0.974 bits per heavy atom. The number of nitrogens with one attached hydrogen (secondary N) is 2. The molecule has 11 heteroatoms. The van der Waals surface area contributed by atoms with E-state index in [0.717, 1.165) is 38.5 Å². The van der Waals surface area contributed by atoms with Crippen molar-refractivity contribution in [2.75, 3.05) is 65.9 Å². The van der Waals surface area contributed by atoms with Gasteiger partial charge in [0, 0.05) is 25.9 Å². The van der Waals surface area contributed by atoms with Gasteiger partial charge in [-0.2, -0.15) is 0 Å². The standard InChI is InChI=1S/C28H51N2O9/c31-17-20-38-22-21-36-19-16-30-27(33)25-39-24-23-37-18-15-29-26(32)13-11-9-7-5-3-1-2-4-6-8-10-12-14-28(34)35/h1-16,18-25H2,(H,29,32)(H,30,33)(H,34,35). The van der Waals surface area contributed by atoms with E-state index in [1.165, 1.54) is 38.5 Å². The van der Waals surface area contributed by atoms with Crippen molar-refractivity contribution in [2.45, 2.75) is 89.9 Å². The van der Waals surface area contributed by atoms with Crippen LogP contribution in [0.15, 0.2) is 0 Å². The summed E-state index contributed by atoms with van der Waals surface area (Å²) in [6, 6.07) is 0. The SMILES string of the molecule is O=[C]COCCOCCNC(=O)COCCOCCNC(=O)CCCCCCCCCCCCCCC(=O)O. The summed E-state index contributed by atoms with van der Waals surface area (Å²) in [5.41, 5.74) is 0. The van der Waals surface area contributed by atoms with Crippen LogP contribution in [0.3, 0.4) is 0 Å². The fraction of sp³-hybridized carbons (Fsp3) is 0.857. The van der Waals surface area contributed by atoms with Crippen molar-refractivity contribution in [1.29, 1.82) is 0 Å². The summed E-state index contributed by atoms with van der Waals surface area (Å²) < 4.78 is 20.7. The summed E-state index contributed by atoms with van der Waals surface area (Å²) in [6.45, 7) is 2.71. The van der Waals surface area contributed by atoms with Crippen molar-refractivity contribution in [3.8, 4) is 0 Å². The Hall–Kier alpha value is -2.08. The largest absolute Gasteiger partial charge is 0.481 e. The highest BCUT2D eigenvalue weighted by atomic mass is 16.5. The van der Waals surface area contributed by atoms with Crippen LogP contribution in [-0.2, 0) is 38.1 Å². The number of rotatable bonds is 31. The summed E-state index contributed by atoms with van der Waals surface area (Å²) in [5.74, 6) is -0.891. The smallest absolute Gasteiger partial charge is 0.303 e. The van der Waals surface area contributed by atoms with E-state index in [0.29, 0.717) is 59.0 Å². The Bertz CT molecular complexity index is 606. The summed E-state index contributed by atoms with van der Waals surface area (Å²) >= 11 is 0. The highest BCUT2D eigenvalue weighted by molar-refractivity contribution is 5.77. The number of carboxylic acid groups (broad SMARTS) is 1. The zero-order valence-electron chi connectivity index (χ0n) is 23.7. The summed E-state index contributed by atoms with van der Waals surface area (Å²) in [6.07, 6.45) is 15.9. The third-order valence-electron chi connectivity index (χ3n) is 5.82. The van der Waals surface area contributed by atoms with Gasteiger partial charge in [-0.05, 0) is 12.8 Å². The predicted octanol–water partition coefficient (Wildman–Crippen LogP) is 2.94. The minimum absolute atomic E-state index is 0.0471. The molecular weight excluding hydrogens is 508 g/mol. The average molecular weight is 560 g/mol. The molecule has 0 saturated heterocycles. The third-order valence-corrected chi connectivity index (χ3v) is 5.82. The summed E-state index contributed by atoms with van der Waals surface area (Å²) in [5, 5.41) is 14.1. The van der Waals surface area contributed by atoms with Crippen LogP contribution in [0.2, 0.25) is 0 Å². The van der Waals surface area contributed by atoms with Crippen LogP contribution in [-0.4, -0.2) is 95.1 Å². The monoisotopic (exact) mass is 559 g/mol. The molecular formula is C28H51N2O9. The van der Waals surface area contributed by atoms with Crippen LogP contribution in [0.5, 0.6) is 0 Å². The molecule has 0 aliphatic rings. The van der Waals surface area contributed by atoms with Crippen molar-refractivity contribution >= 4 is 24.1 Å². The fourth-order valence-corrected chi connectivity index (χ4v) is 3.71. The average Bonchev–Trinajstić information content (AvgIpc) is 2.91. The zero-order chi connectivity index (χ0) is 28.7. The quantitative estimate of drug-likeness (QED) is 0.109. The number of aliphatic carboxylic acids is 1. The molecule has 0 bridgehead atoms. The zero-order valence-corrected chi connectivity index (χ0v) is 23.7. The second kappa shape index (κ2) is 30.5. The molecule has 0 fully saturated rings. The number of hydrogen-bond donors (Lipinski definition) is 3. The maximum atomic E-state index is 11.9. The van der Waals surface area contributed by atoms with Gasteiger partial charge in [-0.1, -0.05) is 64.2 Å². The number of carbonyl (C=O) groups is 3. The summed E-state index contributed by atoms with van der Waals surface area (Å²) in [7, 11) is 0. The van der Waals surface area contributed by atoms with Crippen LogP contribution < -0.4 is 10.6 Å². The lowest BCUT2D eigenvalue weighted by molar-refractivity contribution is -0.137. The highest BCUT2D eigenvalue weighted by Gasteiger charge is 2.03. The first-order valence-corrected chi connectivity index (χ1v) is 14.5. The first kappa shape index (κ1) is 36.9. The van der Waals surface area contributed by atoms with Gasteiger partial charge in [0.15, 0.2) is 0 Å². The number of ether oxygens (including phenoxy) is 4. The molecule has 0 aliphatic carbocycles. The van der Waals surface area contributed by atoms with Gasteiger partial charge < -0.3 is 34.7 Å². The molecule has 0 unspecified atom stereocenters. The lowest BCUT2D eigenvalue weighted by Gasteiger charge is -2.08. The van der Waals surface area contributed by atoms with E-state index in [4.69, 9.17) is 24.1 Å². The van der Waals surface area contributed by atoms with E-state index >= 15 is 0 Å². The predicted molar refractivity (Wildman–Crippen MR) is 147 cm³/mol. The van der Waals surface area contributed by atoms with Crippen molar-refractivity contribution in [3.05, 3.63) is 0 Å². The van der Waals surface area contributed by atoms with Gasteiger partial charge in [0.25, 0.3) is 0 Å². The Morgan fingerprint density at radius 3 is 1.49 bits per heavy atom. The van der Waals surface area contributed by atoms with Crippen LogP contribution in [0.25, 0.3) is 0 Å². The minimum atomic E-state index is -0.698. The number of carbonyl (C=O) groups excluding carboxylic acids is 3. The third kappa shape index (κ3) is 32.0. The molecule has 0 heterocycles. The van der Waals surface area contributed by atoms with Gasteiger partial charge in [0.2, 0.25) is 18.1 Å². The molecule has 11 nitrogen and oxygen atoms in total. The maximum absolute atomic E-state index is 11.9. The minimum Gasteiger partial charge on any atom is -0.481 e. The van der Waals surface area contributed by atoms with Crippen LogP contribution in [0, 0.1) is 0 Å². The molecule has 0 aromatic rings. The van der Waals surface area contributed by atoms with Crippen LogP contribution in [0.1, 0.15) is 89.9 Å². The molecule has 0 spiro atoms. The van der Waals surface area contributed by atoms with Crippen LogP contribution >= 0.6 is 0 Å². The van der Waals surface area contributed by atoms with Gasteiger partial charge in [0.1, 0.15) is 13.2 Å². The van der Waals surface area contributed by atoms with E-state index in [2.05, 4.69) is 10.6 Å². The number of amides is 2. The first-order chi connectivity index (χ1) is 19.1. The molecule has 0 atom stereocenters. The lowest BCUT2D eigenvalue weighted by atomic mass is 10.0. The van der Waals surface area contributed by atoms with Gasteiger partial charge in [-0.3, -0.25) is 19.2 Å². The Labute approximate surface area is 234 Å². The van der Waals surface area contributed by atoms with E-state index in [1.807, 2.05) is 0 Å².